The van der Waals surface area contributed by atoms with Crippen LogP contribution in [0.15, 0.2) is 35.2 Å². The third-order valence-electron chi connectivity index (χ3n) is 5.81. The topological polar surface area (TPSA) is 66.5 Å². The van der Waals surface area contributed by atoms with Crippen molar-refractivity contribution in [1.82, 2.24) is 9.62 Å². The molecule has 0 spiro atoms. The number of piperidine rings is 1. The lowest BCUT2D eigenvalue weighted by Crippen LogP contribution is -2.54. The molecule has 1 aromatic carbocycles. The summed E-state index contributed by atoms with van der Waals surface area (Å²) in [5.41, 5.74) is 0. The van der Waals surface area contributed by atoms with Crippen molar-refractivity contribution in [1.29, 1.82) is 0 Å². The van der Waals surface area contributed by atoms with Gasteiger partial charge in [-0.2, -0.15) is 4.31 Å². The van der Waals surface area contributed by atoms with Crippen LogP contribution < -0.4 is 5.32 Å². The molecule has 1 N–H and O–H groups in total. The van der Waals surface area contributed by atoms with E-state index in [4.69, 9.17) is 0 Å². The molecule has 130 valence electrons. The van der Waals surface area contributed by atoms with Gasteiger partial charge in [0.1, 0.15) is 6.04 Å². The van der Waals surface area contributed by atoms with Crippen molar-refractivity contribution in [3.8, 4) is 0 Å². The van der Waals surface area contributed by atoms with Gasteiger partial charge in [-0.25, -0.2) is 8.42 Å². The second kappa shape index (κ2) is 6.15. The van der Waals surface area contributed by atoms with E-state index in [1.807, 2.05) is 0 Å². The Morgan fingerprint density at radius 1 is 1.04 bits per heavy atom. The number of sulfonamides is 1. The minimum Gasteiger partial charge on any atom is -0.352 e. The first-order valence-corrected chi connectivity index (χ1v) is 10.4. The van der Waals surface area contributed by atoms with Gasteiger partial charge in [0.25, 0.3) is 0 Å². The van der Waals surface area contributed by atoms with E-state index in [0.29, 0.717) is 0 Å². The highest BCUT2D eigenvalue weighted by molar-refractivity contribution is 7.89. The Kier molecular flexibility index (Phi) is 4.12. The van der Waals surface area contributed by atoms with Gasteiger partial charge in [-0.1, -0.05) is 31.0 Å². The molecule has 1 saturated heterocycles. The Hall–Kier alpha value is -1.40. The zero-order valence-corrected chi connectivity index (χ0v) is 14.5. The average Bonchev–Trinajstić information content (AvgIpc) is 3.32. The largest absolute Gasteiger partial charge is 0.352 e. The van der Waals surface area contributed by atoms with Crippen molar-refractivity contribution in [2.75, 3.05) is 0 Å². The van der Waals surface area contributed by atoms with E-state index in [-0.39, 0.29) is 28.8 Å². The molecule has 1 amide bonds. The van der Waals surface area contributed by atoms with Crippen molar-refractivity contribution in [3.05, 3.63) is 30.3 Å². The van der Waals surface area contributed by atoms with Crippen LogP contribution in [0.4, 0.5) is 0 Å². The predicted octanol–water partition coefficient (Wildman–Crippen LogP) is 2.29. The number of nitrogens with zero attached hydrogens (tertiary/aromatic N) is 1. The molecule has 1 aliphatic heterocycles. The summed E-state index contributed by atoms with van der Waals surface area (Å²) >= 11 is 0. The number of carbonyl (C=O) groups excluding carboxylic acids is 1. The van der Waals surface area contributed by atoms with E-state index in [2.05, 4.69) is 5.32 Å². The third kappa shape index (κ3) is 2.65. The van der Waals surface area contributed by atoms with Crippen LogP contribution in [0.25, 0.3) is 0 Å². The van der Waals surface area contributed by atoms with Crippen molar-refractivity contribution in [3.63, 3.8) is 0 Å². The van der Waals surface area contributed by atoms with Crippen molar-refractivity contribution in [2.24, 2.45) is 5.92 Å². The number of hydrogen-bond donors (Lipinski definition) is 1. The van der Waals surface area contributed by atoms with Gasteiger partial charge in [0.15, 0.2) is 0 Å². The lowest BCUT2D eigenvalue weighted by atomic mass is 9.99. The number of hydrogen-bond acceptors (Lipinski definition) is 3. The Balaban J connectivity index is 1.61. The van der Waals surface area contributed by atoms with E-state index in [9.17, 15) is 13.2 Å². The molecule has 4 rings (SSSR count). The average molecular weight is 348 g/mol. The highest BCUT2D eigenvalue weighted by atomic mass is 32.2. The Morgan fingerprint density at radius 3 is 2.46 bits per heavy atom. The fraction of sp³-hybridized carbons (Fsp3) is 0.611. The molecule has 1 aromatic rings. The quantitative estimate of drug-likeness (QED) is 0.908. The second-order valence-corrected chi connectivity index (χ2v) is 9.15. The summed E-state index contributed by atoms with van der Waals surface area (Å²) in [6.07, 6.45) is 6.95. The monoisotopic (exact) mass is 348 g/mol. The summed E-state index contributed by atoms with van der Waals surface area (Å²) in [6.45, 7) is 0. The first kappa shape index (κ1) is 16.1. The molecular formula is C18H24N2O3S. The third-order valence-corrected chi connectivity index (χ3v) is 7.76. The van der Waals surface area contributed by atoms with Crippen LogP contribution in [-0.2, 0) is 14.8 Å². The van der Waals surface area contributed by atoms with Gasteiger partial charge in [0.2, 0.25) is 15.9 Å². The summed E-state index contributed by atoms with van der Waals surface area (Å²) in [4.78, 5) is 13.2. The lowest BCUT2D eigenvalue weighted by molar-refractivity contribution is -0.126. The summed E-state index contributed by atoms with van der Waals surface area (Å²) in [5, 5.41) is 3.11. The highest BCUT2D eigenvalue weighted by Gasteiger charge is 2.54. The molecule has 6 heteroatoms. The van der Waals surface area contributed by atoms with Crippen molar-refractivity contribution < 1.29 is 13.2 Å². The standard InChI is InChI=1S/C18H24N2O3S/c21-18(19-14-6-4-5-7-14)17-13-10-11-15(12-13)20(17)24(22,23)16-8-2-1-3-9-16/h1-3,8-9,13-15,17H,4-7,10-12H2,(H,19,21). The van der Waals surface area contributed by atoms with Crippen LogP contribution in [0.5, 0.6) is 0 Å². The Labute approximate surface area is 143 Å². The lowest BCUT2D eigenvalue weighted by Gasteiger charge is -2.34. The smallest absolute Gasteiger partial charge is 0.244 e. The van der Waals surface area contributed by atoms with E-state index >= 15 is 0 Å². The molecule has 0 aromatic heterocycles. The minimum atomic E-state index is -3.62. The normalized spacial score (nSPS) is 30.8. The molecule has 1 heterocycles. The van der Waals surface area contributed by atoms with Crippen LogP contribution >= 0.6 is 0 Å². The SMILES string of the molecule is O=C(NC1CCCC1)C1C2CCC(C2)N1S(=O)(=O)c1ccccc1. The van der Waals surface area contributed by atoms with Gasteiger partial charge in [-0.15, -0.1) is 0 Å². The number of benzene rings is 1. The van der Waals surface area contributed by atoms with Gasteiger partial charge >= 0.3 is 0 Å². The Morgan fingerprint density at radius 2 is 1.75 bits per heavy atom. The first-order chi connectivity index (χ1) is 11.6. The maximum atomic E-state index is 13.1. The molecule has 2 aliphatic carbocycles. The molecule has 3 aliphatic rings. The molecule has 3 fully saturated rings. The number of nitrogens with one attached hydrogen (secondary N) is 1. The molecule has 3 unspecified atom stereocenters. The van der Waals surface area contributed by atoms with E-state index < -0.39 is 16.1 Å². The van der Waals surface area contributed by atoms with E-state index in [1.165, 1.54) is 4.31 Å². The zero-order valence-electron chi connectivity index (χ0n) is 13.7. The van der Waals surface area contributed by atoms with Crippen LogP contribution in [0.1, 0.15) is 44.9 Å². The van der Waals surface area contributed by atoms with Crippen LogP contribution in [0.3, 0.4) is 0 Å². The fourth-order valence-corrected chi connectivity index (χ4v) is 6.59. The van der Waals surface area contributed by atoms with E-state index in [1.54, 1.807) is 30.3 Å². The van der Waals surface area contributed by atoms with Gasteiger partial charge in [-0.05, 0) is 50.2 Å². The summed E-state index contributed by atoms with van der Waals surface area (Å²) in [7, 11) is -3.62. The number of rotatable bonds is 4. The maximum absolute atomic E-state index is 13.1. The number of carbonyl (C=O) groups is 1. The predicted molar refractivity (Wildman–Crippen MR) is 90.8 cm³/mol. The summed E-state index contributed by atoms with van der Waals surface area (Å²) < 4.78 is 27.8. The number of fused-ring (bicyclic) bond motifs is 2. The zero-order chi connectivity index (χ0) is 16.7. The van der Waals surface area contributed by atoms with Gasteiger partial charge in [-0.3, -0.25) is 4.79 Å². The minimum absolute atomic E-state index is 0.0282. The molecule has 24 heavy (non-hydrogen) atoms. The van der Waals surface area contributed by atoms with Gasteiger partial charge in [0.05, 0.1) is 4.90 Å². The molecule has 2 saturated carbocycles. The van der Waals surface area contributed by atoms with Crippen molar-refractivity contribution in [2.45, 2.75) is 68.0 Å². The highest BCUT2D eigenvalue weighted by Crippen LogP contribution is 2.45. The van der Waals surface area contributed by atoms with Crippen LogP contribution in [0, 0.1) is 5.92 Å². The second-order valence-electron chi connectivity index (χ2n) is 7.31. The molecular weight excluding hydrogens is 324 g/mol. The maximum Gasteiger partial charge on any atom is 0.244 e. The molecule has 5 nitrogen and oxygen atoms in total. The molecule has 3 atom stereocenters. The van der Waals surface area contributed by atoms with Crippen LogP contribution in [-0.4, -0.2) is 36.8 Å². The van der Waals surface area contributed by atoms with E-state index in [0.717, 1.165) is 44.9 Å². The number of amides is 1. The van der Waals surface area contributed by atoms with Gasteiger partial charge < -0.3 is 5.32 Å². The Bertz CT molecular complexity index is 713. The van der Waals surface area contributed by atoms with Gasteiger partial charge in [0, 0.05) is 12.1 Å². The van der Waals surface area contributed by atoms with Crippen molar-refractivity contribution >= 4 is 15.9 Å². The summed E-state index contributed by atoms with van der Waals surface area (Å²) in [6, 6.07) is 8.16. The summed E-state index contributed by atoms with van der Waals surface area (Å²) in [5.74, 6) is 0.0727. The molecule has 2 bridgehead atoms. The molecule has 0 radical (unpaired) electrons. The first-order valence-electron chi connectivity index (χ1n) is 8.96. The van der Waals surface area contributed by atoms with Crippen LogP contribution in [0.2, 0.25) is 0 Å². The fourth-order valence-electron chi connectivity index (χ4n) is 4.69.